The van der Waals surface area contributed by atoms with Crippen molar-refractivity contribution in [2.45, 2.75) is 78.7 Å². The first-order valence-electron chi connectivity index (χ1n) is 12.5. The van der Waals surface area contributed by atoms with Gasteiger partial charge >= 0.3 is 0 Å². The standard InChI is InChI=1S/C25H34N6O5S/c1-10(2)16-23-26-14(8-35-23)20(32)30-18(12(5)6)25-27-15(9-37-25)21(33)28-17(11(3)4)24-31-19(13(7)36-24)22(34)29-16/h8-13,16-19H,1-7H3,(H,28,33)(H,29,34)(H,30,32)/t13-,16+,17+,18+,19+/m1/s1. The van der Waals surface area contributed by atoms with Crippen LogP contribution in [0.4, 0.5) is 0 Å². The summed E-state index contributed by atoms with van der Waals surface area (Å²) < 4.78 is 11.6. The average Bonchev–Trinajstić information content (AvgIpc) is 3.57. The van der Waals surface area contributed by atoms with E-state index in [2.05, 4.69) is 30.9 Å². The normalized spacial score (nSPS) is 26.8. The summed E-state index contributed by atoms with van der Waals surface area (Å²) in [6.07, 6.45) is 0.745. The number of oxazole rings is 1. The highest BCUT2D eigenvalue weighted by molar-refractivity contribution is 7.09. The monoisotopic (exact) mass is 530 g/mol. The number of aliphatic imine (C=N–C) groups is 1. The van der Waals surface area contributed by atoms with Gasteiger partial charge in [0.1, 0.15) is 35.2 Å². The van der Waals surface area contributed by atoms with Crippen molar-refractivity contribution in [2.75, 3.05) is 0 Å². The van der Waals surface area contributed by atoms with Gasteiger partial charge in [-0.2, -0.15) is 0 Å². The zero-order valence-electron chi connectivity index (χ0n) is 22.1. The Hall–Kier alpha value is -3.28. The fraction of sp³-hybridized carbons (Fsp3) is 0.600. The smallest absolute Gasteiger partial charge is 0.273 e. The van der Waals surface area contributed by atoms with E-state index >= 15 is 0 Å². The molecule has 0 aliphatic carbocycles. The van der Waals surface area contributed by atoms with Crippen LogP contribution in [0.15, 0.2) is 21.1 Å². The zero-order chi connectivity index (χ0) is 27.0. The van der Waals surface area contributed by atoms with Gasteiger partial charge in [-0.25, -0.2) is 15.0 Å². The second-order valence-corrected chi connectivity index (χ2v) is 11.4. The molecule has 4 heterocycles. The third kappa shape index (κ3) is 5.53. The van der Waals surface area contributed by atoms with Gasteiger partial charge in [-0.15, -0.1) is 11.3 Å². The molecule has 0 spiro atoms. The topological polar surface area (TPSA) is 148 Å². The number of thiazole rings is 1. The van der Waals surface area contributed by atoms with Gasteiger partial charge < -0.3 is 25.1 Å². The first-order chi connectivity index (χ1) is 17.5. The van der Waals surface area contributed by atoms with Crippen LogP contribution < -0.4 is 16.0 Å². The van der Waals surface area contributed by atoms with Crippen LogP contribution in [0.1, 0.15) is 92.4 Å². The summed E-state index contributed by atoms with van der Waals surface area (Å²) >= 11 is 1.30. The zero-order valence-corrected chi connectivity index (χ0v) is 22.9. The maximum absolute atomic E-state index is 13.3. The maximum atomic E-state index is 13.3. The van der Waals surface area contributed by atoms with E-state index in [9.17, 15) is 14.4 Å². The van der Waals surface area contributed by atoms with Gasteiger partial charge in [0.25, 0.3) is 11.8 Å². The van der Waals surface area contributed by atoms with Crippen LogP contribution in [-0.2, 0) is 9.53 Å². The van der Waals surface area contributed by atoms with Crippen LogP contribution in [0.5, 0.6) is 0 Å². The highest BCUT2D eigenvalue weighted by atomic mass is 32.1. The van der Waals surface area contributed by atoms with Crippen molar-refractivity contribution in [2.24, 2.45) is 22.7 Å². The Labute approximate surface area is 219 Å². The van der Waals surface area contributed by atoms with Crippen LogP contribution in [0.3, 0.4) is 0 Å². The number of nitrogens with zero attached hydrogens (tertiary/aromatic N) is 3. The number of carbonyl (C=O) groups excluding carboxylic acids is 3. The van der Waals surface area contributed by atoms with Crippen LogP contribution in [0.2, 0.25) is 0 Å². The van der Waals surface area contributed by atoms with Gasteiger partial charge in [0.05, 0.1) is 6.04 Å². The van der Waals surface area contributed by atoms with E-state index in [-0.39, 0.29) is 46.8 Å². The molecule has 0 unspecified atom stereocenters. The first kappa shape index (κ1) is 26.8. The molecule has 200 valence electrons. The van der Waals surface area contributed by atoms with Crippen LogP contribution in [0.25, 0.3) is 0 Å². The summed E-state index contributed by atoms with van der Waals surface area (Å²) in [5, 5.41) is 11.2. The van der Waals surface area contributed by atoms with Crippen LogP contribution in [0, 0.1) is 17.8 Å². The number of ether oxygens (including phenoxy) is 1. The Balaban J connectivity index is 1.77. The molecule has 0 fully saturated rings. The molecule has 0 saturated heterocycles. The highest BCUT2D eigenvalue weighted by Gasteiger charge is 2.39. The largest absolute Gasteiger partial charge is 0.474 e. The second kappa shape index (κ2) is 10.6. The number of rotatable bonds is 3. The SMILES string of the molecule is CC(C)[C@@H]1NC(=O)c2csc(n2)[C@H](C(C)C)NC(=O)c2coc(n2)[C@H](C(C)C)NC(=O)[C@H]2N=C1O[C@@H]2C. The minimum atomic E-state index is -0.816. The molecule has 5 atom stereocenters. The summed E-state index contributed by atoms with van der Waals surface area (Å²) in [5.41, 5.74) is 0.324. The number of fused-ring (bicyclic) bond motifs is 5. The summed E-state index contributed by atoms with van der Waals surface area (Å²) in [5.74, 6) is -0.782. The lowest BCUT2D eigenvalue weighted by Gasteiger charge is -2.22. The van der Waals surface area contributed by atoms with E-state index in [1.807, 2.05) is 41.5 Å². The molecule has 2 aliphatic heterocycles. The fourth-order valence-corrected chi connectivity index (χ4v) is 5.25. The highest BCUT2D eigenvalue weighted by Crippen LogP contribution is 2.28. The second-order valence-electron chi connectivity index (χ2n) is 10.5. The predicted molar refractivity (Wildman–Crippen MR) is 137 cm³/mol. The Bertz CT molecular complexity index is 1200. The molecule has 3 amide bonds. The lowest BCUT2D eigenvalue weighted by Crippen LogP contribution is -2.45. The minimum Gasteiger partial charge on any atom is -0.474 e. The number of hydrogen-bond acceptors (Lipinski definition) is 9. The average molecular weight is 531 g/mol. The van der Waals surface area contributed by atoms with Gasteiger partial charge in [0, 0.05) is 5.38 Å². The van der Waals surface area contributed by atoms with Gasteiger partial charge in [0.2, 0.25) is 17.7 Å². The molecule has 0 saturated carbocycles. The quantitative estimate of drug-likeness (QED) is 0.552. The summed E-state index contributed by atoms with van der Waals surface area (Å²) in [4.78, 5) is 53.0. The van der Waals surface area contributed by atoms with Crippen molar-refractivity contribution in [1.82, 2.24) is 25.9 Å². The summed E-state index contributed by atoms with van der Waals surface area (Å²) in [6, 6.07) is -2.39. The van der Waals surface area contributed by atoms with E-state index in [4.69, 9.17) is 9.15 Å². The van der Waals surface area contributed by atoms with E-state index in [0.29, 0.717) is 10.9 Å². The lowest BCUT2D eigenvalue weighted by atomic mass is 10.0. The van der Waals surface area contributed by atoms with Gasteiger partial charge in [-0.1, -0.05) is 41.5 Å². The Kier molecular flexibility index (Phi) is 7.67. The van der Waals surface area contributed by atoms with Gasteiger partial charge in [-0.3, -0.25) is 14.4 Å². The van der Waals surface area contributed by atoms with Crippen LogP contribution >= 0.6 is 11.3 Å². The minimum absolute atomic E-state index is 0.00578. The van der Waals surface area contributed by atoms with E-state index in [0.717, 1.165) is 0 Å². The summed E-state index contributed by atoms with van der Waals surface area (Å²) in [7, 11) is 0. The number of carbonyl (C=O) groups is 3. The molecule has 4 rings (SSSR count). The van der Waals surface area contributed by atoms with Gasteiger partial charge in [0.15, 0.2) is 11.7 Å². The number of hydrogen-bond donors (Lipinski definition) is 3. The lowest BCUT2D eigenvalue weighted by molar-refractivity contribution is -0.124. The van der Waals surface area contributed by atoms with E-state index in [1.54, 1.807) is 12.3 Å². The summed E-state index contributed by atoms with van der Waals surface area (Å²) in [6.45, 7) is 13.4. The first-order valence-corrected chi connectivity index (χ1v) is 13.4. The molecular weight excluding hydrogens is 496 g/mol. The molecule has 11 nitrogen and oxygen atoms in total. The van der Waals surface area contributed by atoms with Crippen molar-refractivity contribution < 1.29 is 23.5 Å². The van der Waals surface area contributed by atoms with Gasteiger partial charge in [-0.05, 0) is 24.7 Å². The van der Waals surface area contributed by atoms with Crippen molar-refractivity contribution >= 4 is 35.0 Å². The molecular formula is C25H34N6O5S. The molecule has 0 aromatic carbocycles. The molecule has 0 radical (unpaired) electrons. The molecule has 2 aromatic heterocycles. The van der Waals surface area contributed by atoms with Crippen LogP contribution in [-0.4, -0.2) is 51.8 Å². The molecule has 12 heteroatoms. The third-order valence-electron chi connectivity index (χ3n) is 6.46. The molecule has 2 aliphatic rings. The number of nitrogens with one attached hydrogen (secondary N) is 3. The van der Waals surface area contributed by atoms with Crippen molar-refractivity contribution in [3.8, 4) is 0 Å². The number of aromatic nitrogens is 2. The van der Waals surface area contributed by atoms with Crippen molar-refractivity contribution in [1.29, 1.82) is 0 Å². The fourth-order valence-electron chi connectivity index (χ4n) is 4.23. The molecule has 3 N–H and O–H groups in total. The van der Waals surface area contributed by atoms with E-state index in [1.165, 1.54) is 17.6 Å². The van der Waals surface area contributed by atoms with Crippen molar-refractivity contribution in [3.63, 3.8) is 0 Å². The molecule has 2 aromatic rings. The molecule has 6 bridgehead atoms. The Morgan fingerprint density at radius 2 is 1.46 bits per heavy atom. The van der Waals surface area contributed by atoms with Crippen molar-refractivity contribution in [3.05, 3.63) is 33.9 Å². The van der Waals surface area contributed by atoms with E-state index < -0.39 is 36.2 Å². The Morgan fingerprint density at radius 1 is 0.838 bits per heavy atom. The third-order valence-corrected chi connectivity index (χ3v) is 7.39. The predicted octanol–water partition coefficient (Wildman–Crippen LogP) is 3.03. The maximum Gasteiger partial charge on any atom is 0.273 e. The Morgan fingerprint density at radius 3 is 2.11 bits per heavy atom. The molecule has 37 heavy (non-hydrogen) atoms. The number of amides is 3.